The summed E-state index contributed by atoms with van der Waals surface area (Å²) in [6, 6.07) is 5.45. The number of benzene rings is 1. The van der Waals surface area contributed by atoms with Gasteiger partial charge in [0.1, 0.15) is 0 Å². The summed E-state index contributed by atoms with van der Waals surface area (Å²) in [6.45, 7) is 2.52. The van der Waals surface area contributed by atoms with Crippen LogP contribution in [0.15, 0.2) is 24.4 Å². The van der Waals surface area contributed by atoms with E-state index in [1.54, 1.807) is 4.68 Å². The summed E-state index contributed by atoms with van der Waals surface area (Å²) >= 11 is 15.6. The molecule has 0 aliphatic carbocycles. The molecule has 6 heteroatoms. The molecule has 0 saturated heterocycles. The molecule has 90 valence electrons. The van der Waals surface area contributed by atoms with E-state index in [0.29, 0.717) is 16.6 Å². The first-order chi connectivity index (χ1) is 8.08. The standard InChI is InChI=1S/C11H10BrCl2N3/c1-7(12)11-6-17(16-15-11)5-8-9(13)3-2-4-10(8)14/h2-4,6-7H,5H2,1H3. The van der Waals surface area contributed by atoms with Crippen molar-refractivity contribution in [3.8, 4) is 0 Å². The molecule has 0 spiro atoms. The lowest BCUT2D eigenvalue weighted by Gasteiger charge is -2.05. The van der Waals surface area contributed by atoms with Crippen molar-refractivity contribution >= 4 is 39.1 Å². The Bertz CT molecular complexity index is 505. The van der Waals surface area contributed by atoms with E-state index in [9.17, 15) is 0 Å². The molecule has 1 heterocycles. The molecule has 17 heavy (non-hydrogen) atoms. The smallest absolute Gasteiger partial charge is 0.0960 e. The Hall–Kier alpha value is -0.580. The SMILES string of the molecule is CC(Br)c1cn(Cc2c(Cl)cccc2Cl)nn1. The van der Waals surface area contributed by atoms with Crippen LogP contribution in [-0.2, 0) is 6.54 Å². The molecule has 1 atom stereocenters. The fourth-order valence-corrected chi connectivity index (χ4v) is 2.15. The number of halogens is 3. The highest BCUT2D eigenvalue weighted by molar-refractivity contribution is 9.09. The minimum atomic E-state index is 0.179. The maximum absolute atomic E-state index is 6.09. The number of rotatable bonds is 3. The monoisotopic (exact) mass is 333 g/mol. The lowest BCUT2D eigenvalue weighted by molar-refractivity contribution is 0.649. The van der Waals surface area contributed by atoms with E-state index in [0.717, 1.165) is 11.3 Å². The van der Waals surface area contributed by atoms with Gasteiger partial charge in [-0.1, -0.05) is 50.4 Å². The van der Waals surface area contributed by atoms with E-state index in [1.165, 1.54) is 0 Å². The molecule has 0 aliphatic rings. The molecular formula is C11H10BrCl2N3. The van der Waals surface area contributed by atoms with Gasteiger partial charge in [-0.15, -0.1) is 5.10 Å². The zero-order chi connectivity index (χ0) is 12.4. The molecule has 0 radical (unpaired) electrons. The van der Waals surface area contributed by atoms with E-state index in [2.05, 4.69) is 26.2 Å². The number of aromatic nitrogens is 3. The molecule has 2 rings (SSSR count). The second-order valence-electron chi connectivity index (χ2n) is 3.66. The lowest BCUT2D eigenvalue weighted by Crippen LogP contribution is -2.01. The first kappa shape index (κ1) is 12.9. The molecule has 0 saturated carbocycles. The molecule has 0 fully saturated rings. The Morgan fingerprint density at radius 3 is 2.53 bits per heavy atom. The summed E-state index contributed by atoms with van der Waals surface area (Å²) in [6.07, 6.45) is 1.87. The van der Waals surface area contributed by atoms with Gasteiger partial charge >= 0.3 is 0 Å². The van der Waals surface area contributed by atoms with Crippen LogP contribution in [-0.4, -0.2) is 15.0 Å². The van der Waals surface area contributed by atoms with Gasteiger partial charge in [0.2, 0.25) is 0 Å². The van der Waals surface area contributed by atoms with Crippen molar-refractivity contribution in [3.05, 3.63) is 45.7 Å². The minimum absolute atomic E-state index is 0.179. The summed E-state index contributed by atoms with van der Waals surface area (Å²) in [5, 5.41) is 9.37. The molecule has 0 bridgehead atoms. The Labute approximate surface area is 118 Å². The van der Waals surface area contributed by atoms with E-state index < -0.39 is 0 Å². The van der Waals surface area contributed by atoms with Crippen LogP contribution in [0.3, 0.4) is 0 Å². The average Bonchev–Trinajstić information content (AvgIpc) is 2.72. The van der Waals surface area contributed by atoms with Crippen molar-refractivity contribution in [1.82, 2.24) is 15.0 Å². The molecule has 2 aromatic rings. The van der Waals surface area contributed by atoms with Crippen LogP contribution in [0.1, 0.15) is 23.0 Å². The Morgan fingerprint density at radius 2 is 2.00 bits per heavy atom. The zero-order valence-corrected chi connectivity index (χ0v) is 12.2. The molecule has 0 N–H and O–H groups in total. The molecule has 1 unspecified atom stereocenters. The predicted octanol–water partition coefficient (Wildman–Crippen LogP) is 4.09. The fraction of sp³-hybridized carbons (Fsp3) is 0.273. The van der Waals surface area contributed by atoms with Crippen LogP contribution < -0.4 is 0 Å². The highest BCUT2D eigenvalue weighted by Crippen LogP contribution is 2.25. The Balaban J connectivity index is 2.25. The van der Waals surface area contributed by atoms with Gasteiger partial charge in [-0.3, -0.25) is 0 Å². The molecular weight excluding hydrogens is 325 g/mol. The summed E-state index contributed by atoms with van der Waals surface area (Å²) in [4.78, 5) is 0.179. The number of hydrogen-bond acceptors (Lipinski definition) is 2. The van der Waals surface area contributed by atoms with Crippen molar-refractivity contribution in [2.75, 3.05) is 0 Å². The summed E-state index contributed by atoms with van der Waals surface area (Å²) in [5.41, 5.74) is 1.74. The average molecular weight is 335 g/mol. The molecule has 0 aliphatic heterocycles. The van der Waals surface area contributed by atoms with Gasteiger partial charge in [0.25, 0.3) is 0 Å². The second-order valence-corrected chi connectivity index (χ2v) is 5.85. The summed E-state index contributed by atoms with van der Waals surface area (Å²) in [5.74, 6) is 0. The van der Waals surface area contributed by atoms with E-state index in [1.807, 2.05) is 31.3 Å². The van der Waals surface area contributed by atoms with Gasteiger partial charge in [0.15, 0.2) is 0 Å². The van der Waals surface area contributed by atoms with Gasteiger partial charge < -0.3 is 0 Å². The number of alkyl halides is 1. The topological polar surface area (TPSA) is 30.7 Å². The van der Waals surface area contributed by atoms with E-state index >= 15 is 0 Å². The van der Waals surface area contributed by atoms with Gasteiger partial charge in [-0.25, -0.2) is 4.68 Å². The highest BCUT2D eigenvalue weighted by Gasteiger charge is 2.10. The Morgan fingerprint density at radius 1 is 1.35 bits per heavy atom. The first-order valence-electron chi connectivity index (χ1n) is 5.05. The van der Waals surface area contributed by atoms with Gasteiger partial charge in [-0.2, -0.15) is 0 Å². The van der Waals surface area contributed by atoms with Crippen molar-refractivity contribution in [2.24, 2.45) is 0 Å². The third kappa shape index (κ3) is 3.00. The predicted molar refractivity (Wildman–Crippen MR) is 72.9 cm³/mol. The van der Waals surface area contributed by atoms with Crippen molar-refractivity contribution in [1.29, 1.82) is 0 Å². The second kappa shape index (κ2) is 5.38. The third-order valence-corrected chi connectivity index (χ3v) is 3.52. The molecule has 1 aromatic carbocycles. The van der Waals surface area contributed by atoms with Crippen LogP contribution in [0, 0.1) is 0 Å². The lowest BCUT2D eigenvalue weighted by atomic mass is 10.2. The van der Waals surface area contributed by atoms with Gasteiger partial charge in [0.05, 0.1) is 17.1 Å². The first-order valence-corrected chi connectivity index (χ1v) is 6.72. The number of hydrogen-bond donors (Lipinski definition) is 0. The molecule has 1 aromatic heterocycles. The fourth-order valence-electron chi connectivity index (χ4n) is 1.42. The highest BCUT2D eigenvalue weighted by atomic mass is 79.9. The minimum Gasteiger partial charge on any atom is -0.248 e. The van der Waals surface area contributed by atoms with E-state index in [4.69, 9.17) is 23.2 Å². The zero-order valence-electron chi connectivity index (χ0n) is 9.07. The van der Waals surface area contributed by atoms with Crippen LogP contribution in [0.25, 0.3) is 0 Å². The van der Waals surface area contributed by atoms with Crippen molar-refractivity contribution in [3.63, 3.8) is 0 Å². The maximum atomic E-state index is 6.09. The van der Waals surface area contributed by atoms with Crippen LogP contribution in [0.4, 0.5) is 0 Å². The molecule has 0 amide bonds. The molecule has 3 nitrogen and oxygen atoms in total. The summed E-state index contributed by atoms with van der Waals surface area (Å²) < 4.78 is 1.72. The summed E-state index contributed by atoms with van der Waals surface area (Å²) in [7, 11) is 0. The van der Waals surface area contributed by atoms with Crippen molar-refractivity contribution < 1.29 is 0 Å². The normalized spacial score (nSPS) is 12.7. The Kier molecular flexibility index (Phi) is 4.07. The van der Waals surface area contributed by atoms with Crippen LogP contribution >= 0.6 is 39.1 Å². The van der Waals surface area contributed by atoms with Crippen molar-refractivity contribution in [2.45, 2.75) is 18.3 Å². The van der Waals surface area contributed by atoms with Crippen LogP contribution in [0.5, 0.6) is 0 Å². The van der Waals surface area contributed by atoms with Gasteiger partial charge in [-0.05, 0) is 19.1 Å². The largest absolute Gasteiger partial charge is 0.248 e. The van der Waals surface area contributed by atoms with Crippen LogP contribution in [0.2, 0.25) is 10.0 Å². The third-order valence-electron chi connectivity index (χ3n) is 2.35. The number of nitrogens with zero attached hydrogens (tertiary/aromatic N) is 3. The quantitative estimate of drug-likeness (QED) is 0.791. The van der Waals surface area contributed by atoms with Gasteiger partial charge in [0, 0.05) is 21.8 Å². The maximum Gasteiger partial charge on any atom is 0.0960 e. The van der Waals surface area contributed by atoms with E-state index in [-0.39, 0.29) is 4.83 Å².